The summed E-state index contributed by atoms with van der Waals surface area (Å²) in [4.78, 5) is 0. The van der Waals surface area contributed by atoms with Gasteiger partial charge in [-0.2, -0.15) is 5.26 Å². The van der Waals surface area contributed by atoms with Crippen molar-refractivity contribution >= 4 is 5.69 Å². The Balaban J connectivity index is 2.36. The molecule has 0 aromatic heterocycles. The zero-order valence-corrected chi connectivity index (χ0v) is 11.6. The summed E-state index contributed by atoms with van der Waals surface area (Å²) in [6, 6.07) is 16.1. The van der Waals surface area contributed by atoms with Crippen LogP contribution in [0.15, 0.2) is 42.5 Å². The van der Waals surface area contributed by atoms with Gasteiger partial charge in [-0.1, -0.05) is 35.9 Å². The van der Waals surface area contributed by atoms with Gasteiger partial charge in [-0.3, -0.25) is 0 Å². The second-order valence-electron chi connectivity index (χ2n) is 4.88. The molecule has 0 saturated carbocycles. The molecule has 0 aliphatic heterocycles. The van der Waals surface area contributed by atoms with Crippen molar-refractivity contribution in [1.29, 1.82) is 5.26 Å². The van der Waals surface area contributed by atoms with Crippen molar-refractivity contribution in [2.75, 3.05) is 5.32 Å². The van der Waals surface area contributed by atoms with E-state index in [0.717, 1.165) is 22.4 Å². The highest BCUT2D eigenvalue weighted by molar-refractivity contribution is 5.51. The number of nitrogens with one attached hydrogen (secondary N) is 1. The van der Waals surface area contributed by atoms with Crippen LogP contribution in [0.3, 0.4) is 0 Å². The second-order valence-corrected chi connectivity index (χ2v) is 4.88. The molecule has 2 heteroatoms. The summed E-state index contributed by atoms with van der Waals surface area (Å²) < 4.78 is 0. The maximum Gasteiger partial charge on any atom is 0.140 e. The molecule has 0 aliphatic rings. The molecule has 0 aliphatic carbocycles. The van der Waals surface area contributed by atoms with Crippen LogP contribution in [0.4, 0.5) is 5.69 Å². The first-order chi connectivity index (χ1) is 9.11. The van der Waals surface area contributed by atoms with Crippen molar-refractivity contribution in [1.82, 2.24) is 0 Å². The van der Waals surface area contributed by atoms with Gasteiger partial charge in [-0.25, -0.2) is 0 Å². The van der Waals surface area contributed by atoms with Gasteiger partial charge < -0.3 is 5.32 Å². The monoisotopic (exact) mass is 250 g/mol. The van der Waals surface area contributed by atoms with E-state index in [1.165, 1.54) is 5.56 Å². The van der Waals surface area contributed by atoms with Crippen LogP contribution in [-0.2, 0) is 0 Å². The standard InChI is InChI=1S/C17H18N2/c1-12-9-13(2)17(14(3)10-12)16(11-18)19-15-7-5-4-6-8-15/h4-10,16,19H,1-3H3. The van der Waals surface area contributed by atoms with Crippen LogP contribution in [-0.4, -0.2) is 0 Å². The van der Waals surface area contributed by atoms with Gasteiger partial charge in [0.2, 0.25) is 0 Å². The van der Waals surface area contributed by atoms with Crippen molar-refractivity contribution in [2.24, 2.45) is 0 Å². The Morgan fingerprint density at radius 1 is 1.00 bits per heavy atom. The van der Waals surface area contributed by atoms with Gasteiger partial charge in [-0.15, -0.1) is 0 Å². The van der Waals surface area contributed by atoms with E-state index in [-0.39, 0.29) is 6.04 Å². The molecule has 0 amide bonds. The van der Waals surface area contributed by atoms with Crippen LogP contribution in [0.2, 0.25) is 0 Å². The Morgan fingerprint density at radius 2 is 1.58 bits per heavy atom. The van der Waals surface area contributed by atoms with E-state index in [9.17, 15) is 5.26 Å². The van der Waals surface area contributed by atoms with Gasteiger partial charge >= 0.3 is 0 Å². The molecule has 0 heterocycles. The van der Waals surface area contributed by atoms with E-state index in [1.807, 2.05) is 30.3 Å². The Labute approximate surface area is 114 Å². The molecule has 2 aromatic carbocycles. The summed E-state index contributed by atoms with van der Waals surface area (Å²) in [5.41, 5.74) is 5.60. The Kier molecular flexibility index (Phi) is 3.87. The van der Waals surface area contributed by atoms with Crippen molar-refractivity contribution in [3.63, 3.8) is 0 Å². The van der Waals surface area contributed by atoms with Crippen LogP contribution >= 0.6 is 0 Å². The van der Waals surface area contributed by atoms with E-state index >= 15 is 0 Å². The number of benzene rings is 2. The number of hydrogen-bond donors (Lipinski definition) is 1. The van der Waals surface area contributed by atoms with Gasteiger partial charge in [0.1, 0.15) is 6.04 Å². The van der Waals surface area contributed by atoms with E-state index in [0.29, 0.717) is 0 Å². The predicted molar refractivity (Wildman–Crippen MR) is 79.1 cm³/mol. The predicted octanol–water partition coefficient (Wildman–Crippen LogP) is 4.29. The molecule has 0 radical (unpaired) electrons. The number of hydrogen-bond acceptors (Lipinski definition) is 2. The Bertz CT molecular complexity index is 586. The van der Waals surface area contributed by atoms with Crippen LogP contribution in [0.5, 0.6) is 0 Å². The highest BCUT2D eigenvalue weighted by Crippen LogP contribution is 2.26. The molecule has 0 bridgehead atoms. The van der Waals surface area contributed by atoms with Gasteiger partial charge in [0.25, 0.3) is 0 Å². The summed E-state index contributed by atoms with van der Waals surface area (Å²) in [6.07, 6.45) is 0. The molecular formula is C17H18N2. The minimum atomic E-state index is -0.317. The third-order valence-corrected chi connectivity index (χ3v) is 3.24. The molecule has 0 saturated heterocycles. The molecule has 1 atom stereocenters. The molecule has 1 N–H and O–H groups in total. The first-order valence-corrected chi connectivity index (χ1v) is 6.41. The first kappa shape index (κ1) is 13.2. The molecule has 0 spiro atoms. The van der Waals surface area contributed by atoms with Crippen molar-refractivity contribution in [3.8, 4) is 6.07 Å². The number of nitriles is 1. The van der Waals surface area contributed by atoms with E-state index < -0.39 is 0 Å². The number of para-hydroxylation sites is 1. The number of anilines is 1. The fourth-order valence-electron chi connectivity index (χ4n) is 2.52. The largest absolute Gasteiger partial charge is 0.366 e. The lowest BCUT2D eigenvalue weighted by atomic mass is 9.94. The van der Waals surface area contributed by atoms with Crippen molar-refractivity contribution < 1.29 is 0 Å². The highest BCUT2D eigenvalue weighted by Gasteiger charge is 2.15. The molecule has 2 rings (SSSR count). The number of aryl methyl sites for hydroxylation is 3. The third-order valence-electron chi connectivity index (χ3n) is 3.24. The van der Waals surface area contributed by atoms with Crippen LogP contribution in [0, 0.1) is 32.1 Å². The smallest absolute Gasteiger partial charge is 0.140 e. The maximum absolute atomic E-state index is 9.45. The highest BCUT2D eigenvalue weighted by atomic mass is 14.9. The number of rotatable bonds is 3. The first-order valence-electron chi connectivity index (χ1n) is 6.41. The summed E-state index contributed by atoms with van der Waals surface area (Å²) >= 11 is 0. The topological polar surface area (TPSA) is 35.8 Å². The quantitative estimate of drug-likeness (QED) is 0.882. The summed E-state index contributed by atoms with van der Waals surface area (Å²) in [7, 11) is 0. The maximum atomic E-state index is 9.45. The van der Waals surface area contributed by atoms with Crippen molar-refractivity contribution in [3.05, 3.63) is 64.7 Å². The molecule has 19 heavy (non-hydrogen) atoms. The van der Waals surface area contributed by atoms with Crippen LogP contribution in [0.1, 0.15) is 28.3 Å². The summed E-state index contributed by atoms with van der Waals surface area (Å²) in [5.74, 6) is 0. The van der Waals surface area contributed by atoms with E-state index in [1.54, 1.807) is 0 Å². The fourth-order valence-corrected chi connectivity index (χ4v) is 2.52. The molecule has 0 fully saturated rings. The summed E-state index contributed by atoms with van der Waals surface area (Å²) in [5, 5.41) is 12.7. The van der Waals surface area contributed by atoms with Gasteiger partial charge in [0, 0.05) is 5.69 Å². The minimum Gasteiger partial charge on any atom is -0.366 e. The van der Waals surface area contributed by atoms with Gasteiger partial charge in [-0.05, 0) is 49.6 Å². The molecule has 2 nitrogen and oxygen atoms in total. The summed E-state index contributed by atoms with van der Waals surface area (Å²) in [6.45, 7) is 6.20. The third kappa shape index (κ3) is 2.95. The van der Waals surface area contributed by atoms with Gasteiger partial charge in [0.05, 0.1) is 6.07 Å². The Hall–Kier alpha value is -2.27. The average Bonchev–Trinajstić information content (AvgIpc) is 2.37. The van der Waals surface area contributed by atoms with Crippen LogP contribution in [0.25, 0.3) is 0 Å². The fraction of sp³-hybridized carbons (Fsp3) is 0.235. The molecule has 96 valence electrons. The lowest BCUT2D eigenvalue weighted by molar-refractivity contribution is 0.962. The number of nitrogens with zero attached hydrogens (tertiary/aromatic N) is 1. The lowest BCUT2D eigenvalue weighted by Crippen LogP contribution is -2.11. The lowest BCUT2D eigenvalue weighted by Gasteiger charge is -2.18. The average molecular weight is 250 g/mol. The molecular weight excluding hydrogens is 232 g/mol. The SMILES string of the molecule is Cc1cc(C)c(C(C#N)Nc2ccccc2)c(C)c1. The molecule has 1 unspecified atom stereocenters. The zero-order chi connectivity index (χ0) is 13.8. The second kappa shape index (κ2) is 5.58. The zero-order valence-electron chi connectivity index (χ0n) is 11.6. The Morgan fingerprint density at radius 3 is 2.11 bits per heavy atom. The molecule has 2 aromatic rings. The minimum absolute atomic E-state index is 0.317. The van der Waals surface area contributed by atoms with Crippen molar-refractivity contribution in [2.45, 2.75) is 26.8 Å². The van der Waals surface area contributed by atoms with E-state index in [4.69, 9.17) is 0 Å². The van der Waals surface area contributed by atoms with E-state index in [2.05, 4.69) is 44.3 Å². The van der Waals surface area contributed by atoms with Gasteiger partial charge in [0.15, 0.2) is 0 Å². The van der Waals surface area contributed by atoms with Crippen LogP contribution < -0.4 is 5.32 Å². The normalized spacial score (nSPS) is 11.7.